The molecule has 0 saturated heterocycles. The third-order valence-electron chi connectivity index (χ3n) is 5.65. The van der Waals surface area contributed by atoms with Crippen LogP contribution in [0.2, 0.25) is 0 Å². The molecule has 0 spiro atoms. The van der Waals surface area contributed by atoms with Crippen LogP contribution < -0.4 is 16.0 Å². The van der Waals surface area contributed by atoms with Gasteiger partial charge in [0.15, 0.2) is 0 Å². The minimum Gasteiger partial charge on any atom is -0.497 e. The maximum absolute atomic E-state index is 5.79. The molecule has 1 aromatic carbocycles. The summed E-state index contributed by atoms with van der Waals surface area (Å²) in [6, 6.07) is 8.84. The molecule has 2 bridgehead atoms. The van der Waals surface area contributed by atoms with E-state index in [-0.39, 0.29) is 0 Å². The topological polar surface area (TPSA) is 47.3 Å². The van der Waals surface area contributed by atoms with Crippen molar-refractivity contribution in [2.45, 2.75) is 51.0 Å². The molecule has 2 fully saturated rings. The summed E-state index contributed by atoms with van der Waals surface area (Å²) < 4.78 is 5.20. The third-order valence-corrected chi connectivity index (χ3v) is 5.65. The van der Waals surface area contributed by atoms with Crippen LogP contribution in [0.5, 0.6) is 5.75 Å². The highest BCUT2D eigenvalue weighted by Crippen LogP contribution is 2.50. The summed E-state index contributed by atoms with van der Waals surface area (Å²) in [5, 5.41) is 0. The van der Waals surface area contributed by atoms with Crippen molar-refractivity contribution in [3.05, 3.63) is 29.8 Å². The first-order chi connectivity index (χ1) is 10.3. The second-order valence-electron chi connectivity index (χ2n) is 6.92. The molecule has 21 heavy (non-hydrogen) atoms. The van der Waals surface area contributed by atoms with Gasteiger partial charge in [-0.2, -0.15) is 0 Å². The van der Waals surface area contributed by atoms with Crippen molar-refractivity contribution >= 4 is 0 Å². The van der Waals surface area contributed by atoms with Crippen LogP contribution in [0.1, 0.15) is 44.1 Å². The zero-order chi connectivity index (χ0) is 14.7. The molecule has 0 aliphatic heterocycles. The van der Waals surface area contributed by atoms with Crippen molar-refractivity contribution in [1.29, 1.82) is 0 Å². The van der Waals surface area contributed by atoms with Crippen LogP contribution in [-0.4, -0.2) is 13.2 Å². The number of methoxy groups -OCH3 is 1. The van der Waals surface area contributed by atoms with E-state index in [0.29, 0.717) is 6.04 Å². The molecule has 0 heterocycles. The van der Waals surface area contributed by atoms with E-state index in [1.807, 2.05) is 12.1 Å². The average molecular weight is 288 g/mol. The molecule has 2 aliphatic rings. The Kier molecular flexibility index (Phi) is 4.81. The molecule has 116 valence electrons. The zero-order valence-electron chi connectivity index (χ0n) is 13.1. The van der Waals surface area contributed by atoms with E-state index in [4.69, 9.17) is 10.6 Å². The van der Waals surface area contributed by atoms with Gasteiger partial charge < -0.3 is 4.74 Å². The summed E-state index contributed by atoms with van der Waals surface area (Å²) >= 11 is 0. The van der Waals surface area contributed by atoms with Crippen LogP contribution in [-0.2, 0) is 6.42 Å². The molecule has 0 aromatic heterocycles. The van der Waals surface area contributed by atoms with Crippen LogP contribution >= 0.6 is 0 Å². The largest absolute Gasteiger partial charge is 0.497 e. The molecular formula is C18H28N2O. The highest BCUT2D eigenvalue weighted by molar-refractivity contribution is 5.27. The van der Waals surface area contributed by atoms with Gasteiger partial charge in [-0.25, -0.2) is 0 Å². The molecule has 2 aliphatic carbocycles. The standard InChI is InChI=1S/C18H28N2O/c1-21-18-8-4-13(5-9-18)3-7-17(20-19)12-16-11-14-2-6-15(16)10-14/h4-5,8-9,14-17,20H,2-3,6-7,10-12,19H2,1H3. The van der Waals surface area contributed by atoms with Gasteiger partial charge in [-0.15, -0.1) is 0 Å². The first kappa shape index (κ1) is 14.9. The van der Waals surface area contributed by atoms with Crippen LogP contribution in [0.3, 0.4) is 0 Å². The Labute approximate surface area is 128 Å². The number of benzene rings is 1. The van der Waals surface area contributed by atoms with Gasteiger partial charge in [0.05, 0.1) is 7.11 Å². The van der Waals surface area contributed by atoms with E-state index in [9.17, 15) is 0 Å². The number of hydrogen-bond acceptors (Lipinski definition) is 3. The number of aryl methyl sites for hydroxylation is 1. The van der Waals surface area contributed by atoms with E-state index in [1.165, 1.54) is 37.7 Å². The van der Waals surface area contributed by atoms with Gasteiger partial charge in [-0.1, -0.05) is 18.6 Å². The van der Waals surface area contributed by atoms with Gasteiger partial charge in [0.1, 0.15) is 5.75 Å². The number of nitrogens with one attached hydrogen (secondary N) is 1. The quantitative estimate of drug-likeness (QED) is 0.598. The lowest BCUT2D eigenvalue weighted by atomic mass is 9.83. The predicted molar refractivity (Wildman–Crippen MR) is 86.0 cm³/mol. The fraction of sp³-hybridized carbons (Fsp3) is 0.667. The molecule has 2 saturated carbocycles. The molecule has 3 rings (SSSR count). The Balaban J connectivity index is 1.47. The van der Waals surface area contributed by atoms with Gasteiger partial charge in [0.2, 0.25) is 0 Å². The number of ether oxygens (including phenoxy) is 1. The number of nitrogens with two attached hydrogens (primary N) is 1. The molecule has 3 nitrogen and oxygen atoms in total. The lowest BCUT2D eigenvalue weighted by molar-refractivity contribution is 0.272. The van der Waals surface area contributed by atoms with E-state index in [1.54, 1.807) is 7.11 Å². The number of hydrazine groups is 1. The fourth-order valence-electron chi connectivity index (χ4n) is 4.43. The summed E-state index contributed by atoms with van der Waals surface area (Å²) in [6.45, 7) is 0. The molecule has 4 unspecified atom stereocenters. The van der Waals surface area contributed by atoms with Gasteiger partial charge in [-0.3, -0.25) is 11.3 Å². The summed E-state index contributed by atoms with van der Waals surface area (Å²) in [5.41, 5.74) is 4.42. The van der Waals surface area contributed by atoms with Crippen LogP contribution in [0.15, 0.2) is 24.3 Å². The third kappa shape index (κ3) is 3.58. The smallest absolute Gasteiger partial charge is 0.118 e. The van der Waals surface area contributed by atoms with Crippen molar-refractivity contribution in [1.82, 2.24) is 5.43 Å². The van der Waals surface area contributed by atoms with Crippen LogP contribution in [0, 0.1) is 17.8 Å². The molecular weight excluding hydrogens is 260 g/mol. The molecule has 1 aromatic rings. The van der Waals surface area contributed by atoms with E-state index in [2.05, 4.69) is 17.6 Å². The maximum Gasteiger partial charge on any atom is 0.118 e. The van der Waals surface area contributed by atoms with Gasteiger partial charge in [-0.05, 0) is 74.0 Å². The Morgan fingerprint density at radius 2 is 2.05 bits per heavy atom. The monoisotopic (exact) mass is 288 g/mol. The van der Waals surface area contributed by atoms with E-state index < -0.39 is 0 Å². The van der Waals surface area contributed by atoms with Gasteiger partial charge in [0.25, 0.3) is 0 Å². The second kappa shape index (κ2) is 6.80. The minimum absolute atomic E-state index is 0.455. The predicted octanol–water partition coefficient (Wildman–Crippen LogP) is 3.29. The summed E-state index contributed by atoms with van der Waals surface area (Å²) in [7, 11) is 1.71. The molecule has 3 N–H and O–H groups in total. The minimum atomic E-state index is 0.455. The second-order valence-corrected chi connectivity index (χ2v) is 6.92. The first-order valence-corrected chi connectivity index (χ1v) is 8.37. The first-order valence-electron chi connectivity index (χ1n) is 8.37. The molecule has 3 heteroatoms. The van der Waals surface area contributed by atoms with Crippen molar-refractivity contribution in [3.8, 4) is 5.75 Å². The van der Waals surface area contributed by atoms with E-state index in [0.717, 1.165) is 36.3 Å². The number of rotatable bonds is 7. The SMILES string of the molecule is COc1ccc(CCC(CC2CC3CCC2C3)NN)cc1. The Morgan fingerprint density at radius 3 is 2.62 bits per heavy atom. The zero-order valence-corrected chi connectivity index (χ0v) is 13.1. The summed E-state index contributed by atoms with van der Waals surface area (Å²) in [4.78, 5) is 0. The van der Waals surface area contributed by atoms with Crippen molar-refractivity contribution in [2.24, 2.45) is 23.6 Å². The fourth-order valence-corrected chi connectivity index (χ4v) is 4.43. The average Bonchev–Trinajstić information content (AvgIpc) is 3.14. The van der Waals surface area contributed by atoms with E-state index >= 15 is 0 Å². The summed E-state index contributed by atoms with van der Waals surface area (Å²) in [6.07, 6.45) is 9.34. The Morgan fingerprint density at radius 1 is 1.24 bits per heavy atom. The lowest BCUT2D eigenvalue weighted by Crippen LogP contribution is -2.37. The van der Waals surface area contributed by atoms with Gasteiger partial charge >= 0.3 is 0 Å². The van der Waals surface area contributed by atoms with Crippen molar-refractivity contribution < 1.29 is 4.74 Å². The van der Waals surface area contributed by atoms with Crippen molar-refractivity contribution in [2.75, 3.05) is 7.11 Å². The highest BCUT2D eigenvalue weighted by Gasteiger charge is 2.39. The maximum atomic E-state index is 5.79. The number of hydrogen-bond donors (Lipinski definition) is 2. The Hall–Kier alpha value is -1.06. The Bertz CT molecular complexity index is 445. The van der Waals surface area contributed by atoms with Crippen LogP contribution in [0.25, 0.3) is 0 Å². The normalized spacial score (nSPS) is 28.8. The van der Waals surface area contributed by atoms with Crippen molar-refractivity contribution in [3.63, 3.8) is 0 Å². The lowest BCUT2D eigenvalue weighted by Gasteiger charge is -2.26. The van der Waals surface area contributed by atoms with Gasteiger partial charge in [0, 0.05) is 6.04 Å². The highest BCUT2D eigenvalue weighted by atomic mass is 16.5. The molecule has 0 radical (unpaired) electrons. The molecule has 0 amide bonds. The van der Waals surface area contributed by atoms with Crippen LogP contribution in [0.4, 0.5) is 0 Å². The summed E-state index contributed by atoms with van der Waals surface area (Å²) in [5.74, 6) is 9.65. The number of fused-ring (bicyclic) bond motifs is 2. The molecule has 4 atom stereocenters.